The number of amides is 1. The Kier molecular flexibility index (Phi) is 9.46. The van der Waals surface area contributed by atoms with E-state index in [0.717, 1.165) is 29.5 Å². The summed E-state index contributed by atoms with van der Waals surface area (Å²) in [6.07, 6.45) is 1.75. The summed E-state index contributed by atoms with van der Waals surface area (Å²) >= 11 is 5.95. The van der Waals surface area contributed by atoms with E-state index in [9.17, 15) is 4.79 Å². The largest absolute Gasteiger partial charge is 0.368 e. The molecule has 0 saturated carbocycles. The molecule has 1 saturated heterocycles. The molecule has 7 nitrogen and oxygen atoms in total. The van der Waals surface area contributed by atoms with Crippen molar-refractivity contribution in [3.63, 3.8) is 0 Å². The summed E-state index contributed by atoms with van der Waals surface area (Å²) in [6, 6.07) is 13.6. The van der Waals surface area contributed by atoms with Crippen LogP contribution in [-0.4, -0.2) is 61.5 Å². The van der Waals surface area contributed by atoms with Gasteiger partial charge < -0.3 is 20.4 Å². The van der Waals surface area contributed by atoms with Gasteiger partial charge in [-0.2, -0.15) is 0 Å². The number of benzene rings is 1. The number of piperazine rings is 1. The third-order valence-corrected chi connectivity index (χ3v) is 4.87. The molecular weight excluding hydrogens is 503 g/mol. The average molecular weight is 529 g/mol. The number of hydrogen-bond donors (Lipinski definition) is 2. The molecule has 2 aromatic rings. The number of nitrogens with zero attached hydrogens (tertiary/aromatic N) is 4. The van der Waals surface area contributed by atoms with Crippen LogP contribution in [0.1, 0.15) is 5.69 Å². The minimum absolute atomic E-state index is 0. The quantitative estimate of drug-likeness (QED) is 0.354. The molecule has 1 fully saturated rings. The highest BCUT2D eigenvalue weighted by Gasteiger charge is 2.21. The van der Waals surface area contributed by atoms with Gasteiger partial charge in [-0.25, -0.2) is 0 Å². The Morgan fingerprint density at radius 3 is 2.45 bits per heavy atom. The fourth-order valence-electron chi connectivity index (χ4n) is 3.03. The lowest BCUT2D eigenvalue weighted by atomic mass is 10.2. The van der Waals surface area contributed by atoms with E-state index in [2.05, 4.69) is 25.5 Å². The van der Waals surface area contributed by atoms with Crippen molar-refractivity contribution in [2.75, 3.05) is 44.7 Å². The highest BCUT2D eigenvalue weighted by Crippen LogP contribution is 2.19. The van der Waals surface area contributed by atoms with Crippen molar-refractivity contribution >= 4 is 53.1 Å². The van der Waals surface area contributed by atoms with Crippen molar-refractivity contribution in [3.8, 4) is 0 Å². The van der Waals surface area contributed by atoms with Crippen molar-refractivity contribution in [1.29, 1.82) is 0 Å². The highest BCUT2D eigenvalue weighted by atomic mass is 127. The maximum Gasteiger partial charge on any atom is 0.242 e. The molecule has 2 N–H and O–H groups in total. The van der Waals surface area contributed by atoms with Crippen LogP contribution in [0.15, 0.2) is 53.7 Å². The van der Waals surface area contributed by atoms with Crippen molar-refractivity contribution < 1.29 is 4.79 Å². The van der Waals surface area contributed by atoms with Gasteiger partial charge in [-0.05, 0) is 36.4 Å². The smallest absolute Gasteiger partial charge is 0.242 e. The van der Waals surface area contributed by atoms with Crippen LogP contribution in [0.2, 0.25) is 5.02 Å². The molecule has 29 heavy (non-hydrogen) atoms. The Morgan fingerprint density at radius 2 is 1.83 bits per heavy atom. The average Bonchev–Trinajstić information content (AvgIpc) is 2.75. The molecule has 0 spiro atoms. The maximum atomic E-state index is 12.5. The molecule has 156 valence electrons. The van der Waals surface area contributed by atoms with Crippen molar-refractivity contribution in [3.05, 3.63) is 59.4 Å². The van der Waals surface area contributed by atoms with Crippen LogP contribution in [0.3, 0.4) is 0 Å². The van der Waals surface area contributed by atoms with Gasteiger partial charge in [-0.1, -0.05) is 17.7 Å². The van der Waals surface area contributed by atoms with E-state index in [-0.39, 0.29) is 36.4 Å². The van der Waals surface area contributed by atoms with Crippen LogP contribution >= 0.6 is 35.6 Å². The second kappa shape index (κ2) is 11.8. The molecule has 1 aromatic carbocycles. The van der Waals surface area contributed by atoms with E-state index in [1.165, 1.54) is 0 Å². The molecule has 1 amide bonds. The van der Waals surface area contributed by atoms with E-state index >= 15 is 0 Å². The Morgan fingerprint density at radius 1 is 1.10 bits per heavy atom. The van der Waals surface area contributed by atoms with Gasteiger partial charge in [0.2, 0.25) is 5.91 Å². The number of aromatic nitrogens is 1. The minimum atomic E-state index is 0. The fourth-order valence-corrected chi connectivity index (χ4v) is 3.16. The monoisotopic (exact) mass is 528 g/mol. The normalized spacial score (nSPS) is 14.2. The molecule has 1 aliphatic heterocycles. The SMILES string of the molecule is CN=C(NCC(=O)N1CCN(c2ccc(Cl)cc2)CC1)NCc1ccccn1.I. The third kappa shape index (κ3) is 7.04. The minimum Gasteiger partial charge on any atom is -0.368 e. The molecule has 1 aromatic heterocycles. The first-order valence-corrected chi connectivity index (χ1v) is 9.66. The predicted octanol–water partition coefficient (Wildman–Crippen LogP) is 2.37. The van der Waals surface area contributed by atoms with Gasteiger partial charge in [0.15, 0.2) is 5.96 Å². The van der Waals surface area contributed by atoms with Gasteiger partial charge in [-0.3, -0.25) is 14.8 Å². The first-order valence-electron chi connectivity index (χ1n) is 9.28. The molecule has 0 unspecified atom stereocenters. The third-order valence-electron chi connectivity index (χ3n) is 4.62. The Balaban J connectivity index is 0.00000300. The molecule has 0 aliphatic carbocycles. The molecule has 1 aliphatic rings. The van der Waals surface area contributed by atoms with Gasteiger partial charge in [0.1, 0.15) is 0 Å². The second-order valence-corrected chi connectivity index (χ2v) is 6.88. The number of guanidine groups is 1. The lowest BCUT2D eigenvalue weighted by molar-refractivity contribution is -0.130. The zero-order chi connectivity index (χ0) is 19.8. The van der Waals surface area contributed by atoms with Gasteiger partial charge in [0.25, 0.3) is 0 Å². The second-order valence-electron chi connectivity index (χ2n) is 6.44. The summed E-state index contributed by atoms with van der Waals surface area (Å²) in [6.45, 7) is 3.77. The van der Waals surface area contributed by atoms with E-state index < -0.39 is 0 Å². The first-order chi connectivity index (χ1) is 13.7. The molecule has 2 heterocycles. The number of aliphatic imine (C=N–C) groups is 1. The molecule has 0 atom stereocenters. The van der Waals surface area contributed by atoms with Crippen LogP contribution in [0.4, 0.5) is 5.69 Å². The van der Waals surface area contributed by atoms with E-state index in [1.54, 1.807) is 13.2 Å². The van der Waals surface area contributed by atoms with Gasteiger partial charge >= 0.3 is 0 Å². The van der Waals surface area contributed by atoms with Gasteiger partial charge in [0.05, 0.1) is 18.8 Å². The summed E-state index contributed by atoms with van der Waals surface area (Å²) in [7, 11) is 1.68. The lowest BCUT2D eigenvalue weighted by Gasteiger charge is -2.36. The van der Waals surface area contributed by atoms with Crippen LogP contribution < -0.4 is 15.5 Å². The summed E-state index contributed by atoms with van der Waals surface area (Å²) in [4.78, 5) is 25.1. The van der Waals surface area contributed by atoms with Crippen LogP contribution in [-0.2, 0) is 11.3 Å². The van der Waals surface area contributed by atoms with Crippen molar-refractivity contribution in [2.24, 2.45) is 4.99 Å². The number of hydrogen-bond acceptors (Lipinski definition) is 4. The van der Waals surface area contributed by atoms with E-state index in [1.807, 2.05) is 47.4 Å². The summed E-state index contributed by atoms with van der Waals surface area (Å²) in [5.41, 5.74) is 2.05. The van der Waals surface area contributed by atoms with E-state index in [4.69, 9.17) is 11.6 Å². The van der Waals surface area contributed by atoms with Crippen LogP contribution in [0.25, 0.3) is 0 Å². The zero-order valence-corrected chi connectivity index (χ0v) is 19.4. The Hall–Kier alpha value is -2.07. The summed E-state index contributed by atoms with van der Waals surface area (Å²) in [5, 5.41) is 6.97. The number of carbonyl (C=O) groups excluding carboxylic acids is 1. The molecular formula is C20H26ClIN6O. The van der Waals surface area contributed by atoms with Crippen LogP contribution in [0, 0.1) is 0 Å². The lowest BCUT2D eigenvalue weighted by Crippen LogP contribution is -2.52. The Bertz CT molecular complexity index is 794. The first kappa shape index (κ1) is 23.2. The highest BCUT2D eigenvalue weighted by molar-refractivity contribution is 14.0. The zero-order valence-electron chi connectivity index (χ0n) is 16.3. The Labute approximate surface area is 193 Å². The standard InChI is InChI=1S/C20H25ClN6O.HI/c1-22-20(24-14-17-4-2-3-9-23-17)25-15-19(28)27-12-10-26(11-13-27)18-7-5-16(21)6-8-18;/h2-9H,10-15H2,1H3,(H2,22,24,25);1H. The van der Waals surface area contributed by atoms with Crippen molar-refractivity contribution in [2.45, 2.75) is 6.54 Å². The number of halogens is 2. The number of rotatable bonds is 5. The summed E-state index contributed by atoms with van der Waals surface area (Å²) in [5.74, 6) is 0.648. The molecule has 3 rings (SSSR count). The van der Waals surface area contributed by atoms with Crippen molar-refractivity contribution in [1.82, 2.24) is 20.5 Å². The maximum absolute atomic E-state index is 12.5. The van der Waals surface area contributed by atoms with Crippen LogP contribution in [0.5, 0.6) is 0 Å². The molecule has 9 heteroatoms. The summed E-state index contributed by atoms with van der Waals surface area (Å²) < 4.78 is 0. The number of carbonyl (C=O) groups is 1. The molecule has 0 bridgehead atoms. The van der Waals surface area contributed by atoms with Gasteiger partial charge in [0, 0.05) is 50.1 Å². The molecule has 0 radical (unpaired) electrons. The number of pyridine rings is 1. The van der Waals surface area contributed by atoms with E-state index in [0.29, 0.717) is 25.6 Å². The predicted molar refractivity (Wildman–Crippen MR) is 128 cm³/mol. The number of nitrogens with one attached hydrogen (secondary N) is 2. The number of anilines is 1. The topological polar surface area (TPSA) is 72.9 Å². The van der Waals surface area contributed by atoms with Gasteiger partial charge in [-0.15, -0.1) is 24.0 Å². The fraction of sp³-hybridized carbons (Fsp3) is 0.350.